The Morgan fingerprint density at radius 1 is 1.14 bits per heavy atom. The molecule has 0 amide bonds. The third-order valence-corrected chi connectivity index (χ3v) is 4.73. The lowest BCUT2D eigenvalue weighted by molar-refractivity contribution is 0.311. The highest BCUT2D eigenvalue weighted by atomic mass is 16.5. The van der Waals surface area contributed by atoms with Crippen LogP contribution in [-0.2, 0) is 6.54 Å². The first-order valence-electron chi connectivity index (χ1n) is 10.3. The molecule has 0 aliphatic carbocycles. The number of aliphatic imine (C=N–C) groups is 1. The van der Waals surface area contributed by atoms with Gasteiger partial charge in [0.1, 0.15) is 5.82 Å². The summed E-state index contributed by atoms with van der Waals surface area (Å²) < 4.78 is 11.0. The van der Waals surface area contributed by atoms with Crippen LogP contribution in [0.5, 0.6) is 11.5 Å². The Morgan fingerprint density at radius 2 is 1.97 bits per heavy atom. The number of methoxy groups -OCH3 is 1. The summed E-state index contributed by atoms with van der Waals surface area (Å²) in [4.78, 5) is 11.6. The van der Waals surface area contributed by atoms with Crippen molar-refractivity contribution < 1.29 is 9.47 Å². The number of hydrogen-bond acceptors (Lipinski definition) is 5. The van der Waals surface area contributed by atoms with E-state index in [0.717, 1.165) is 42.7 Å². The van der Waals surface area contributed by atoms with Gasteiger partial charge in [-0.15, -0.1) is 0 Å². The minimum atomic E-state index is 0.577. The standard InChI is InChI=1S/C22H31N5O2/c1-4-23-22(26-18-8-9-19(28-3)20(15-18)29-5-2)25-16-17-10-11-24-21(14-17)27-12-6-7-13-27/h8-11,14-15H,4-7,12-13,16H2,1-3H3,(H2,23,25,26). The predicted molar refractivity (Wildman–Crippen MR) is 118 cm³/mol. The van der Waals surface area contributed by atoms with Crippen molar-refractivity contribution in [1.82, 2.24) is 10.3 Å². The topological polar surface area (TPSA) is 71.0 Å². The lowest BCUT2D eigenvalue weighted by atomic mass is 10.2. The molecule has 0 atom stereocenters. The van der Waals surface area contributed by atoms with Crippen LogP contribution in [0.2, 0.25) is 0 Å². The number of anilines is 2. The molecule has 0 radical (unpaired) electrons. The average molecular weight is 398 g/mol. The number of benzene rings is 1. The number of rotatable bonds is 8. The van der Waals surface area contributed by atoms with Crippen LogP contribution in [0.25, 0.3) is 0 Å². The summed E-state index contributed by atoms with van der Waals surface area (Å²) in [7, 11) is 1.64. The number of ether oxygens (including phenoxy) is 2. The Kier molecular flexibility index (Phi) is 7.55. The SMILES string of the molecule is CCNC(=NCc1ccnc(N2CCCC2)c1)Nc1ccc(OC)c(OCC)c1. The van der Waals surface area contributed by atoms with Crippen LogP contribution in [0, 0.1) is 0 Å². The normalized spacial score (nSPS) is 14.0. The van der Waals surface area contributed by atoms with Crippen molar-refractivity contribution in [3.63, 3.8) is 0 Å². The summed E-state index contributed by atoms with van der Waals surface area (Å²) in [6.45, 7) is 8.11. The van der Waals surface area contributed by atoms with Crippen LogP contribution in [0.15, 0.2) is 41.5 Å². The first-order valence-corrected chi connectivity index (χ1v) is 10.3. The Labute approximate surface area is 173 Å². The molecule has 1 aromatic heterocycles. The van der Waals surface area contributed by atoms with Crippen LogP contribution < -0.4 is 25.0 Å². The maximum absolute atomic E-state index is 5.66. The molecule has 7 nitrogen and oxygen atoms in total. The zero-order valence-corrected chi connectivity index (χ0v) is 17.6. The van der Waals surface area contributed by atoms with E-state index < -0.39 is 0 Å². The summed E-state index contributed by atoms with van der Waals surface area (Å²) >= 11 is 0. The van der Waals surface area contributed by atoms with Crippen molar-refractivity contribution >= 4 is 17.5 Å². The highest BCUT2D eigenvalue weighted by Crippen LogP contribution is 2.30. The molecule has 1 aliphatic heterocycles. The molecule has 3 rings (SSSR count). The molecule has 1 fully saturated rings. The molecule has 1 aliphatic rings. The van der Waals surface area contributed by atoms with Gasteiger partial charge in [0.05, 0.1) is 20.3 Å². The summed E-state index contributed by atoms with van der Waals surface area (Å²) in [6, 6.07) is 9.92. The Morgan fingerprint density at radius 3 is 2.69 bits per heavy atom. The average Bonchev–Trinajstić information content (AvgIpc) is 3.28. The Balaban J connectivity index is 1.72. The smallest absolute Gasteiger partial charge is 0.196 e. The van der Waals surface area contributed by atoms with Gasteiger partial charge in [-0.1, -0.05) is 0 Å². The number of hydrogen-bond donors (Lipinski definition) is 2. The summed E-state index contributed by atoms with van der Waals surface area (Å²) in [5, 5.41) is 6.64. The van der Waals surface area contributed by atoms with Gasteiger partial charge in [-0.05, 0) is 56.5 Å². The van der Waals surface area contributed by atoms with Gasteiger partial charge in [0.25, 0.3) is 0 Å². The maximum Gasteiger partial charge on any atom is 0.196 e. The van der Waals surface area contributed by atoms with E-state index in [4.69, 9.17) is 14.5 Å². The zero-order chi connectivity index (χ0) is 20.5. The van der Waals surface area contributed by atoms with Crippen LogP contribution in [0.1, 0.15) is 32.3 Å². The first-order chi connectivity index (χ1) is 14.2. The molecule has 2 heterocycles. The quantitative estimate of drug-likeness (QED) is 0.523. The second-order valence-electron chi connectivity index (χ2n) is 6.84. The fourth-order valence-electron chi connectivity index (χ4n) is 3.31. The van der Waals surface area contributed by atoms with E-state index >= 15 is 0 Å². The molecule has 156 valence electrons. The number of nitrogens with zero attached hydrogens (tertiary/aromatic N) is 3. The molecule has 0 unspecified atom stereocenters. The minimum absolute atomic E-state index is 0.577. The van der Waals surface area contributed by atoms with Crippen molar-refractivity contribution in [2.45, 2.75) is 33.2 Å². The number of aromatic nitrogens is 1. The first kappa shape index (κ1) is 20.8. The lowest BCUT2D eigenvalue weighted by Gasteiger charge is -2.17. The van der Waals surface area contributed by atoms with Crippen LogP contribution in [0.3, 0.4) is 0 Å². The maximum atomic E-state index is 5.66. The van der Waals surface area contributed by atoms with E-state index in [1.165, 1.54) is 12.8 Å². The second kappa shape index (κ2) is 10.5. The molecule has 1 aromatic carbocycles. The molecule has 29 heavy (non-hydrogen) atoms. The van der Waals surface area contributed by atoms with E-state index in [9.17, 15) is 0 Å². The van der Waals surface area contributed by atoms with Crippen molar-refractivity contribution in [2.75, 3.05) is 43.6 Å². The highest BCUT2D eigenvalue weighted by Gasteiger charge is 2.13. The van der Waals surface area contributed by atoms with Gasteiger partial charge >= 0.3 is 0 Å². The van der Waals surface area contributed by atoms with Gasteiger partial charge in [-0.25, -0.2) is 9.98 Å². The highest BCUT2D eigenvalue weighted by molar-refractivity contribution is 5.93. The minimum Gasteiger partial charge on any atom is -0.493 e. The molecule has 0 bridgehead atoms. The van der Waals surface area contributed by atoms with Gasteiger partial charge in [0.2, 0.25) is 0 Å². The van der Waals surface area contributed by atoms with Crippen molar-refractivity contribution in [1.29, 1.82) is 0 Å². The van der Waals surface area contributed by atoms with Crippen LogP contribution in [0.4, 0.5) is 11.5 Å². The van der Waals surface area contributed by atoms with Crippen LogP contribution >= 0.6 is 0 Å². The molecular formula is C22H31N5O2. The van der Waals surface area contributed by atoms with E-state index in [0.29, 0.717) is 24.7 Å². The largest absolute Gasteiger partial charge is 0.493 e. The Bertz CT molecular complexity index is 819. The van der Waals surface area contributed by atoms with E-state index in [1.54, 1.807) is 7.11 Å². The fraction of sp³-hybridized carbons (Fsp3) is 0.455. The molecule has 1 saturated heterocycles. The van der Waals surface area contributed by atoms with Crippen molar-refractivity contribution in [2.24, 2.45) is 4.99 Å². The van der Waals surface area contributed by atoms with Gasteiger partial charge in [0.15, 0.2) is 17.5 Å². The number of nitrogens with one attached hydrogen (secondary N) is 2. The molecule has 7 heteroatoms. The van der Waals surface area contributed by atoms with E-state index in [1.807, 2.05) is 37.4 Å². The van der Waals surface area contributed by atoms with Gasteiger partial charge < -0.3 is 25.0 Å². The van der Waals surface area contributed by atoms with Crippen molar-refractivity contribution in [3.05, 3.63) is 42.1 Å². The predicted octanol–water partition coefficient (Wildman–Crippen LogP) is 3.67. The second-order valence-corrected chi connectivity index (χ2v) is 6.84. The summed E-state index contributed by atoms with van der Waals surface area (Å²) in [5.74, 6) is 3.19. The summed E-state index contributed by atoms with van der Waals surface area (Å²) in [5.41, 5.74) is 2.03. The lowest BCUT2D eigenvalue weighted by Crippen LogP contribution is -2.30. The van der Waals surface area contributed by atoms with E-state index in [2.05, 4.69) is 33.5 Å². The molecule has 0 saturated carbocycles. The van der Waals surface area contributed by atoms with Crippen LogP contribution in [-0.4, -0.2) is 44.3 Å². The van der Waals surface area contributed by atoms with E-state index in [-0.39, 0.29) is 0 Å². The van der Waals surface area contributed by atoms with Gasteiger partial charge in [0, 0.05) is 37.6 Å². The molecule has 2 aromatic rings. The fourth-order valence-corrected chi connectivity index (χ4v) is 3.31. The number of guanidine groups is 1. The number of pyridine rings is 1. The molecule has 2 N–H and O–H groups in total. The zero-order valence-electron chi connectivity index (χ0n) is 17.6. The molecule has 0 spiro atoms. The summed E-state index contributed by atoms with van der Waals surface area (Å²) in [6.07, 6.45) is 4.35. The third-order valence-electron chi connectivity index (χ3n) is 4.73. The third kappa shape index (κ3) is 5.76. The molecular weight excluding hydrogens is 366 g/mol. The van der Waals surface area contributed by atoms with Gasteiger partial charge in [-0.3, -0.25) is 0 Å². The van der Waals surface area contributed by atoms with Gasteiger partial charge in [-0.2, -0.15) is 0 Å². The van der Waals surface area contributed by atoms with Crippen molar-refractivity contribution in [3.8, 4) is 11.5 Å². The monoisotopic (exact) mass is 397 g/mol. The Hall–Kier alpha value is -2.96.